The third-order valence-corrected chi connectivity index (χ3v) is 10.8. The minimum Gasteiger partial charge on any atom is -0.493 e. The average molecular weight is 609 g/mol. The summed E-state index contributed by atoms with van der Waals surface area (Å²) in [7, 11) is 0.487. The van der Waals surface area contributed by atoms with E-state index in [1.165, 1.54) is 38.4 Å². The minimum absolute atomic E-state index is 0.0673. The predicted molar refractivity (Wildman–Crippen MR) is 165 cm³/mol. The first-order chi connectivity index (χ1) is 20.8. The zero-order valence-corrected chi connectivity index (χ0v) is 26.0. The van der Waals surface area contributed by atoms with Crippen molar-refractivity contribution in [1.82, 2.24) is 9.88 Å². The fourth-order valence-electron chi connectivity index (χ4n) is 5.98. The van der Waals surface area contributed by atoms with Gasteiger partial charge in [-0.25, -0.2) is 8.42 Å². The van der Waals surface area contributed by atoms with Crippen LogP contribution in [0.15, 0.2) is 67.0 Å². The minimum atomic E-state index is -3.82. The highest BCUT2D eigenvalue weighted by Gasteiger charge is 2.46. The van der Waals surface area contributed by atoms with Gasteiger partial charge in [-0.05, 0) is 61.4 Å². The number of rotatable bonds is 14. The smallest absolute Gasteiger partial charge is 0.295 e. The molecule has 4 rings (SSSR count). The van der Waals surface area contributed by atoms with Gasteiger partial charge in [0.1, 0.15) is 5.25 Å². The van der Waals surface area contributed by atoms with Crippen molar-refractivity contribution in [2.45, 2.75) is 62.0 Å². The van der Waals surface area contributed by atoms with Gasteiger partial charge in [-0.2, -0.15) is 0 Å². The number of likely N-dealkylation sites (tertiary alicyclic amines) is 1. The molecule has 0 N–H and O–H groups in total. The van der Waals surface area contributed by atoms with Crippen LogP contribution in [0.25, 0.3) is 0 Å². The summed E-state index contributed by atoms with van der Waals surface area (Å²) in [5, 5.41) is -1.64. The van der Waals surface area contributed by atoms with Crippen LogP contribution < -0.4 is 14.2 Å². The number of nitrogens with zero attached hydrogens (tertiary/aromatic N) is 2. The fourth-order valence-corrected chi connectivity index (χ4v) is 8.64. The maximum atomic E-state index is 14.6. The number of aryl methyl sites for hydroxylation is 1. The fraction of sp³-hybridized carbons (Fsp3) is 0.424. The standard InChI is InChI=1S/C33H40N2O7S/c1-5-11-26(17-16-23-12-7-6-8-13-23)43(38,39)32(24-14-9-18-34-22-24)27-15-10-19-35(27)33(37)30(36)25-20-28(40-2)31(42-4)29(21-25)41-3/h6-9,12-14,18,20-22,26-27,32H,5,10-11,15-17,19H2,1-4H3/t26-,27-,32?/m0/s1. The first-order valence-corrected chi connectivity index (χ1v) is 16.2. The van der Waals surface area contributed by atoms with Crippen molar-refractivity contribution in [3.05, 3.63) is 83.7 Å². The van der Waals surface area contributed by atoms with Gasteiger partial charge in [0.2, 0.25) is 5.75 Å². The van der Waals surface area contributed by atoms with Crippen LogP contribution in [0.5, 0.6) is 17.2 Å². The maximum absolute atomic E-state index is 14.6. The third-order valence-electron chi connectivity index (χ3n) is 8.07. The molecule has 1 amide bonds. The Bertz CT molecular complexity index is 1470. The highest BCUT2D eigenvalue weighted by molar-refractivity contribution is 7.92. The number of carbonyl (C=O) groups excluding carboxylic acids is 2. The quantitative estimate of drug-likeness (QED) is 0.181. The van der Waals surface area contributed by atoms with E-state index in [0.717, 1.165) is 5.56 Å². The molecule has 0 saturated carbocycles. The molecule has 0 aliphatic carbocycles. The van der Waals surface area contributed by atoms with Crippen LogP contribution in [0.2, 0.25) is 0 Å². The summed E-state index contributed by atoms with van der Waals surface area (Å²) in [5.41, 5.74) is 1.66. The molecule has 0 radical (unpaired) electrons. The Morgan fingerprint density at radius 1 is 0.977 bits per heavy atom. The molecule has 1 aliphatic heterocycles. The van der Waals surface area contributed by atoms with Crippen LogP contribution >= 0.6 is 0 Å². The van der Waals surface area contributed by atoms with E-state index in [1.807, 2.05) is 37.3 Å². The summed E-state index contributed by atoms with van der Waals surface area (Å²) in [6.07, 6.45) is 6.46. The van der Waals surface area contributed by atoms with E-state index in [-0.39, 0.29) is 23.6 Å². The van der Waals surface area contributed by atoms with Crippen LogP contribution in [0.3, 0.4) is 0 Å². The van der Waals surface area contributed by atoms with Crippen molar-refractivity contribution < 1.29 is 32.2 Å². The van der Waals surface area contributed by atoms with E-state index in [4.69, 9.17) is 14.2 Å². The molecule has 3 atom stereocenters. The predicted octanol–water partition coefficient (Wildman–Crippen LogP) is 5.24. The van der Waals surface area contributed by atoms with Gasteiger partial charge in [0.05, 0.1) is 32.6 Å². The summed E-state index contributed by atoms with van der Waals surface area (Å²) in [4.78, 5) is 33.1. The summed E-state index contributed by atoms with van der Waals surface area (Å²) >= 11 is 0. The molecule has 3 aromatic rings. The van der Waals surface area contributed by atoms with Crippen molar-refractivity contribution in [3.8, 4) is 17.2 Å². The van der Waals surface area contributed by atoms with Crippen LogP contribution in [-0.4, -0.2) is 69.2 Å². The first-order valence-electron chi connectivity index (χ1n) is 14.6. The number of methoxy groups -OCH3 is 3. The number of aromatic nitrogens is 1. The lowest BCUT2D eigenvalue weighted by molar-refractivity contribution is -0.127. The molecule has 230 valence electrons. The number of hydrogen-bond donors (Lipinski definition) is 0. The number of amides is 1. The number of ketones is 1. The van der Waals surface area contributed by atoms with Crippen molar-refractivity contribution in [2.75, 3.05) is 27.9 Å². The molecule has 1 aliphatic rings. The molecule has 1 fully saturated rings. The Kier molecular flexibility index (Phi) is 10.8. The van der Waals surface area contributed by atoms with E-state index in [9.17, 15) is 18.0 Å². The number of Topliss-reactive ketones (excluding diaryl/α,β-unsaturated/α-hetero) is 1. The Hall–Kier alpha value is -3.92. The van der Waals surface area contributed by atoms with Crippen LogP contribution in [0.4, 0.5) is 0 Å². The second-order valence-electron chi connectivity index (χ2n) is 10.7. The molecule has 0 spiro atoms. The van der Waals surface area contributed by atoms with E-state index in [1.54, 1.807) is 24.5 Å². The topological polar surface area (TPSA) is 112 Å². The number of benzene rings is 2. The monoisotopic (exact) mass is 608 g/mol. The van der Waals surface area contributed by atoms with Gasteiger partial charge < -0.3 is 19.1 Å². The lowest BCUT2D eigenvalue weighted by Crippen LogP contribution is -2.46. The Labute approximate surface area is 254 Å². The van der Waals surface area contributed by atoms with E-state index >= 15 is 0 Å². The van der Waals surface area contributed by atoms with Crippen LogP contribution in [0.1, 0.15) is 65.8 Å². The number of ether oxygens (including phenoxy) is 3. The van der Waals surface area contributed by atoms with E-state index in [0.29, 0.717) is 49.8 Å². The van der Waals surface area contributed by atoms with Crippen molar-refractivity contribution in [1.29, 1.82) is 0 Å². The maximum Gasteiger partial charge on any atom is 0.295 e. The van der Waals surface area contributed by atoms with Gasteiger partial charge in [-0.3, -0.25) is 14.6 Å². The second kappa shape index (κ2) is 14.5. The Balaban J connectivity index is 1.69. The van der Waals surface area contributed by atoms with Gasteiger partial charge in [0.25, 0.3) is 11.7 Å². The van der Waals surface area contributed by atoms with Gasteiger partial charge in [0.15, 0.2) is 21.3 Å². The lowest BCUT2D eigenvalue weighted by atomic mass is 10.0. The zero-order valence-electron chi connectivity index (χ0n) is 25.2. The SMILES string of the molecule is CCC[C@@H](CCc1ccccc1)S(=O)(=O)C(c1cccnc1)[C@@H]1CCCN1C(=O)C(=O)c1cc(OC)c(OC)c(OC)c1. The van der Waals surface area contributed by atoms with Gasteiger partial charge in [0, 0.05) is 24.5 Å². The van der Waals surface area contributed by atoms with Crippen molar-refractivity contribution in [3.63, 3.8) is 0 Å². The summed E-state index contributed by atoms with van der Waals surface area (Å²) in [5.74, 6) is -0.756. The van der Waals surface area contributed by atoms with Gasteiger partial charge >= 0.3 is 0 Å². The Morgan fingerprint density at radius 2 is 1.67 bits per heavy atom. The number of pyridine rings is 1. The highest BCUT2D eigenvalue weighted by atomic mass is 32.2. The molecule has 1 unspecified atom stereocenters. The molecule has 1 aromatic heterocycles. The summed E-state index contributed by atoms with van der Waals surface area (Å²) in [6, 6.07) is 15.4. The molecule has 2 aromatic carbocycles. The third kappa shape index (κ3) is 7.01. The summed E-state index contributed by atoms with van der Waals surface area (Å²) < 4.78 is 45.2. The van der Waals surface area contributed by atoms with Gasteiger partial charge in [-0.15, -0.1) is 0 Å². The summed E-state index contributed by atoms with van der Waals surface area (Å²) in [6.45, 7) is 2.25. The molecular weight excluding hydrogens is 568 g/mol. The molecule has 1 saturated heterocycles. The Morgan fingerprint density at radius 3 is 2.26 bits per heavy atom. The average Bonchev–Trinajstić information content (AvgIpc) is 3.51. The first kappa shape index (κ1) is 32.0. The van der Waals surface area contributed by atoms with Gasteiger partial charge in [-0.1, -0.05) is 49.7 Å². The zero-order chi connectivity index (χ0) is 31.0. The molecule has 0 bridgehead atoms. The largest absolute Gasteiger partial charge is 0.493 e. The molecule has 43 heavy (non-hydrogen) atoms. The normalized spacial score (nSPS) is 16.4. The van der Waals surface area contributed by atoms with Crippen LogP contribution in [-0.2, 0) is 21.1 Å². The van der Waals surface area contributed by atoms with Crippen LogP contribution in [0, 0.1) is 0 Å². The molecular formula is C33H40N2O7S. The second-order valence-corrected chi connectivity index (χ2v) is 13.0. The number of sulfone groups is 1. The molecule has 2 heterocycles. The number of hydrogen-bond acceptors (Lipinski definition) is 8. The molecule has 9 nitrogen and oxygen atoms in total. The highest BCUT2D eigenvalue weighted by Crippen LogP contribution is 2.41. The molecule has 10 heteroatoms. The van der Waals surface area contributed by atoms with Crippen molar-refractivity contribution >= 4 is 21.5 Å². The lowest BCUT2D eigenvalue weighted by Gasteiger charge is -2.34. The van der Waals surface area contributed by atoms with E-state index < -0.39 is 38.1 Å². The van der Waals surface area contributed by atoms with Crippen molar-refractivity contribution in [2.24, 2.45) is 0 Å². The van der Waals surface area contributed by atoms with E-state index in [2.05, 4.69) is 4.98 Å². The number of carbonyl (C=O) groups is 2.